The minimum atomic E-state index is -0.310. The Morgan fingerprint density at radius 2 is 1.89 bits per heavy atom. The molecule has 0 aliphatic rings. The summed E-state index contributed by atoms with van der Waals surface area (Å²) in [5, 5.41) is 0. The Hall–Kier alpha value is -1.77. The fraction of sp³-hybridized carbons (Fsp3) is 0.400. The second-order valence-corrected chi connectivity index (χ2v) is 5.05. The molecule has 0 saturated carbocycles. The van der Waals surface area contributed by atoms with Gasteiger partial charge in [-0.15, -0.1) is 0 Å². The molecule has 0 amide bonds. The Morgan fingerprint density at radius 1 is 1.28 bits per heavy atom. The number of carbonyl (C=O) groups is 1. The van der Waals surface area contributed by atoms with E-state index in [9.17, 15) is 4.79 Å². The molecule has 0 saturated heterocycles. The van der Waals surface area contributed by atoms with Crippen LogP contribution in [-0.2, 0) is 20.7 Å². The predicted octanol–water partition coefficient (Wildman–Crippen LogP) is 3.19. The molecule has 1 aromatic rings. The molecule has 3 nitrogen and oxygen atoms in total. The van der Waals surface area contributed by atoms with Crippen molar-refractivity contribution < 1.29 is 14.3 Å². The SMILES string of the molecule is C=C(OC(C)(C)C)c1ccccc1CC(=O)OC. The third-order valence-corrected chi connectivity index (χ3v) is 2.31. The van der Waals surface area contributed by atoms with Crippen LogP contribution >= 0.6 is 0 Å². The van der Waals surface area contributed by atoms with Gasteiger partial charge in [-0.05, 0) is 26.3 Å². The smallest absolute Gasteiger partial charge is 0.310 e. The molecule has 0 radical (unpaired) electrons. The summed E-state index contributed by atoms with van der Waals surface area (Å²) in [6, 6.07) is 7.55. The second-order valence-electron chi connectivity index (χ2n) is 5.05. The molecule has 0 aromatic heterocycles. The van der Waals surface area contributed by atoms with Crippen molar-refractivity contribution in [3.05, 3.63) is 42.0 Å². The maximum absolute atomic E-state index is 11.3. The minimum absolute atomic E-state index is 0.221. The number of carbonyl (C=O) groups excluding carboxylic acids is 1. The number of benzene rings is 1. The molecule has 0 heterocycles. The fourth-order valence-electron chi connectivity index (χ4n) is 1.60. The monoisotopic (exact) mass is 248 g/mol. The van der Waals surface area contributed by atoms with E-state index in [0.717, 1.165) is 11.1 Å². The second kappa shape index (κ2) is 5.71. The van der Waals surface area contributed by atoms with Crippen molar-refractivity contribution in [1.82, 2.24) is 0 Å². The lowest BCUT2D eigenvalue weighted by Crippen LogP contribution is -2.18. The van der Waals surface area contributed by atoms with Crippen LogP contribution in [0.5, 0.6) is 0 Å². The first-order valence-corrected chi connectivity index (χ1v) is 5.86. The standard InChI is InChI=1S/C15H20O3/c1-11(18-15(2,3)4)13-9-7-6-8-12(13)10-14(16)17-5/h6-9H,1,10H2,2-5H3. The highest BCUT2D eigenvalue weighted by Gasteiger charge is 2.16. The Balaban J connectivity index is 2.94. The average Bonchev–Trinajstić information content (AvgIpc) is 2.27. The van der Waals surface area contributed by atoms with Gasteiger partial charge in [0.05, 0.1) is 13.5 Å². The molecule has 1 aromatic carbocycles. The van der Waals surface area contributed by atoms with E-state index in [1.165, 1.54) is 7.11 Å². The zero-order valence-electron chi connectivity index (χ0n) is 11.4. The topological polar surface area (TPSA) is 35.5 Å². The molecule has 0 unspecified atom stereocenters. The average molecular weight is 248 g/mol. The van der Waals surface area contributed by atoms with E-state index >= 15 is 0 Å². The molecule has 0 atom stereocenters. The van der Waals surface area contributed by atoms with Gasteiger partial charge < -0.3 is 9.47 Å². The van der Waals surface area contributed by atoms with Gasteiger partial charge in [0.2, 0.25) is 0 Å². The highest BCUT2D eigenvalue weighted by atomic mass is 16.5. The molecule has 98 valence electrons. The van der Waals surface area contributed by atoms with Crippen molar-refractivity contribution in [3.8, 4) is 0 Å². The van der Waals surface area contributed by atoms with Crippen LogP contribution in [0.25, 0.3) is 5.76 Å². The molecule has 18 heavy (non-hydrogen) atoms. The van der Waals surface area contributed by atoms with Crippen molar-refractivity contribution >= 4 is 11.7 Å². The highest BCUT2D eigenvalue weighted by molar-refractivity contribution is 5.75. The van der Waals surface area contributed by atoms with Crippen LogP contribution in [0.4, 0.5) is 0 Å². The van der Waals surface area contributed by atoms with Gasteiger partial charge in [0.15, 0.2) is 0 Å². The quantitative estimate of drug-likeness (QED) is 0.606. The normalized spacial score (nSPS) is 10.9. The Labute approximate surface area is 108 Å². The minimum Gasteiger partial charge on any atom is -0.488 e. The number of esters is 1. The van der Waals surface area contributed by atoms with Crippen LogP contribution in [0.15, 0.2) is 30.8 Å². The predicted molar refractivity (Wildman–Crippen MR) is 72.0 cm³/mol. The number of hydrogen-bond donors (Lipinski definition) is 0. The Morgan fingerprint density at radius 3 is 2.44 bits per heavy atom. The largest absolute Gasteiger partial charge is 0.488 e. The van der Waals surface area contributed by atoms with Crippen molar-refractivity contribution in [1.29, 1.82) is 0 Å². The summed E-state index contributed by atoms with van der Waals surface area (Å²) in [6.07, 6.45) is 0.221. The summed E-state index contributed by atoms with van der Waals surface area (Å²) < 4.78 is 10.4. The molecule has 0 aliphatic carbocycles. The number of rotatable bonds is 4. The Bertz CT molecular complexity index is 441. The third kappa shape index (κ3) is 4.24. The summed E-state index contributed by atoms with van der Waals surface area (Å²) in [5.74, 6) is 0.299. The third-order valence-electron chi connectivity index (χ3n) is 2.31. The number of hydrogen-bond acceptors (Lipinski definition) is 3. The summed E-state index contributed by atoms with van der Waals surface area (Å²) in [7, 11) is 1.38. The van der Waals surface area contributed by atoms with E-state index in [4.69, 9.17) is 4.74 Å². The molecule has 0 spiro atoms. The van der Waals surface area contributed by atoms with Gasteiger partial charge >= 0.3 is 5.97 Å². The lowest BCUT2D eigenvalue weighted by molar-refractivity contribution is -0.139. The summed E-state index contributed by atoms with van der Waals surface area (Å²) >= 11 is 0. The van der Waals surface area contributed by atoms with Crippen molar-refractivity contribution in [2.75, 3.05) is 7.11 Å². The van der Waals surface area contributed by atoms with E-state index in [0.29, 0.717) is 5.76 Å². The lowest BCUT2D eigenvalue weighted by atomic mass is 10.0. The lowest BCUT2D eigenvalue weighted by Gasteiger charge is -2.24. The van der Waals surface area contributed by atoms with E-state index in [-0.39, 0.29) is 18.0 Å². The molecule has 0 bridgehead atoms. The van der Waals surface area contributed by atoms with Crippen LogP contribution in [-0.4, -0.2) is 18.7 Å². The fourth-order valence-corrected chi connectivity index (χ4v) is 1.60. The first-order valence-electron chi connectivity index (χ1n) is 5.86. The van der Waals surface area contributed by atoms with E-state index in [2.05, 4.69) is 11.3 Å². The van der Waals surface area contributed by atoms with Crippen LogP contribution in [0.1, 0.15) is 31.9 Å². The van der Waals surface area contributed by atoms with Gasteiger partial charge in [-0.2, -0.15) is 0 Å². The van der Waals surface area contributed by atoms with Gasteiger partial charge in [-0.25, -0.2) is 0 Å². The maximum atomic E-state index is 11.3. The van der Waals surface area contributed by atoms with Crippen molar-refractivity contribution in [3.63, 3.8) is 0 Å². The zero-order chi connectivity index (χ0) is 13.8. The highest BCUT2D eigenvalue weighted by Crippen LogP contribution is 2.24. The number of methoxy groups -OCH3 is 1. The molecular weight excluding hydrogens is 228 g/mol. The molecule has 0 aliphatic heterocycles. The first-order chi connectivity index (χ1) is 8.33. The summed E-state index contributed by atoms with van der Waals surface area (Å²) in [6.45, 7) is 9.81. The number of ether oxygens (including phenoxy) is 2. The summed E-state index contributed by atoms with van der Waals surface area (Å²) in [5.41, 5.74) is 1.39. The van der Waals surface area contributed by atoms with Crippen LogP contribution in [0.3, 0.4) is 0 Å². The van der Waals surface area contributed by atoms with Gasteiger partial charge in [-0.3, -0.25) is 4.79 Å². The van der Waals surface area contributed by atoms with Gasteiger partial charge in [0.1, 0.15) is 11.4 Å². The first kappa shape index (κ1) is 14.3. The summed E-state index contributed by atoms with van der Waals surface area (Å²) in [4.78, 5) is 11.3. The van der Waals surface area contributed by atoms with Gasteiger partial charge in [0, 0.05) is 5.56 Å². The maximum Gasteiger partial charge on any atom is 0.310 e. The Kier molecular flexibility index (Phi) is 4.54. The molecule has 0 fully saturated rings. The van der Waals surface area contributed by atoms with Crippen molar-refractivity contribution in [2.45, 2.75) is 32.8 Å². The molecule has 1 rings (SSSR count). The molecule has 3 heteroatoms. The van der Waals surface area contributed by atoms with Crippen LogP contribution < -0.4 is 0 Å². The van der Waals surface area contributed by atoms with Crippen LogP contribution in [0.2, 0.25) is 0 Å². The molecular formula is C15H20O3. The van der Waals surface area contributed by atoms with Gasteiger partial charge in [-0.1, -0.05) is 30.8 Å². The zero-order valence-corrected chi connectivity index (χ0v) is 11.4. The van der Waals surface area contributed by atoms with E-state index < -0.39 is 0 Å². The van der Waals surface area contributed by atoms with Crippen molar-refractivity contribution in [2.24, 2.45) is 0 Å². The van der Waals surface area contributed by atoms with E-state index in [1.807, 2.05) is 45.0 Å². The van der Waals surface area contributed by atoms with Crippen LogP contribution in [0, 0.1) is 0 Å². The van der Waals surface area contributed by atoms with Gasteiger partial charge in [0.25, 0.3) is 0 Å². The van der Waals surface area contributed by atoms with E-state index in [1.54, 1.807) is 0 Å². The molecule has 0 N–H and O–H groups in total.